The van der Waals surface area contributed by atoms with Crippen molar-refractivity contribution in [3.63, 3.8) is 0 Å². The van der Waals surface area contributed by atoms with Crippen LogP contribution in [0.3, 0.4) is 0 Å². The van der Waals surface area contributed by atoms with Crippen molar-refractivity contribution in [3.05, 3.63) is 108 Å². The van der Waals surface area contributed by atoms with Crippen LogP contribution in [0.2, 0.25) is 0 Å². The Hall–Kier alpha value is -6.33. The van der Waals surface area contributed by atoms with Crippen LogP contribution < -0.4 is 43.8 Å². The van der Waals surface area contributed by atoms with Crippen LogP contribution in [0.1, 0.15) is 43.4 Å². The first kappa shape index (κ1) is 46.1. The zero-order valence-electron chi connectivity index (χ0n) is 32.7. The molecule has 0 aliphatic rings. The molecule has 3 rings (SSSR count). The number of aliphatic carboxylic acids is 1. The summed E-state index contributed by atoms with van der Waals surface area (Å²) in [6.45, 7) is 2.66. The van der Waals surface area contributed by atoms with Gasteiger partial charge in [-0.2, -0.15) is 0 Å². The lowest BCUT2D eigenvalue weighted by atomic mass is 10.0. The van der Waals surface area contributed by atoms with E-state index in [0.29, 0.717) is 11.1 Å². The van der Waals surface area contributed by atoms with Gasteiger partial charge in [0.1, 0.15) is 30.2 Å². The number of carbonyl (C=O) groups is 6. The fourth-order valence-electron chi connectivity index (χ4n) is 5.91. The number of carboxylic acids is 1. The Balaban J connectivity index is 1.80. The number of carbonyl (C=O) groups excluding carboxylic acids is 5. The second kappa shape index (κ2) is 23.7. The Morgan fingerprint density at radius 3 is 1.41 bits per heavy atom. The van der Waals surface area contributed by atoms with E-state index in [1.165, 1.54) is 0 Å². The largest absolute Gasteiger partial charge is 0.480 e. The van der Waals surface area contributed by atoms with Crippen molar-refractivity contribution in [2.24, 2.45) is 28.1 Å². The van der Waals surface area contributed by atoms with Crippen LogP contribution in [0, 0.1) is 5.92 Å². The summed E-state index contributed by atoms with van der Waals surface area (Å²) in [6, 6.07) is 18.9. The molecule has 0 aliphatic carbocycles. The third-order valence-electron chi connectivity index (χ3n) is 9.09. The summed E-state index contributed by atoms with van der Waals surface area (Å²) in [6.07, 6.45) is 0.367. The number of carboxylic acid groups (broad SMARTS) is 1. The molecule has 6 atom stereocenters. The molecule has 0 radical (unpaired) electrons. The maximum absolute atomic E-state index is 14.1. The molecular weight excluding hydrogens is 747 g/mol. The van der Waals surface area contributed by atoms with Gasteiger partial charge < -0.3 is 54.0 Å². The number of aliphatic imine (C=N–C) groups is 1. The number of aliphatic hydroxyl groups is 1. The lowest BCUT2D eigenvalue weighted by Gasteiger charge is -2.27. The molecular formula is C41H55N9O8. The molecule has 0 saturated carbocycles. The minimum Gasteiger partial charge on any atom is -0.480 e. The predicted molar refractivity (Wildman–Crippen MR) is 218 cm³/mol. The van der Waals surface area contributed by atoms with Gasteiger partial charge in [-0.15, -0.1) is 0 Å². The van der Waals surface area contributed by atoms with E-state index in [1.54, 1.807) is 74.5 Å². The van der Waals surface area contributed by atoms with Crippen LogP contribution in [0.25, 0.3) is 0 Å². The van der Waals surface area contributed by atoms with Crippen molar-refractivity contribution in [1.29, 1.82) is 0 Å². The third-order valence-corrected chi connectivity index (χ3v) is 9.09. The molecule has 0 spiro atoms. The maximum atomic E-state index is 14.1. The summed E-state index contributed by atoms with van der Waals surface area (Å²) >= 11 is 0. The van der Waals surface area contributed by atoms with Crippen molar-refractivity contribution >= 4 is 41.5 Å². The first-order chi connectivity index (χ1) is 27.7. The standard InChI is InChI=1S/C41H55N9O8/c1-25(2)34(50-35(52)29(42)21-26-13-6-3-7-14-26)39(56)49-33(24-51)38(55)48-32(23-28-17-10-5-11-18-28)37(54)47-31(22-27-15-8-4-9-16-27)36(53)46-30(40(57)58)19-12-20-45-41(43)44/h3-11,13-18,25,29-34,51H,12,19-24,42H2,1-2H3,(H,46,53)(H,47,54)(H,48,55)(H,49,56)(H,50,52)(H,57,58)(H4,43,44,45). The second-order valence-electron chi connectivity index (χ2n) is 14.1. The molecule has 17 heteroatoms. The molecule has 3 aromatic rings. The quantitative estimate of drug-likeness (QED) is 0.0324. The van der Waals surface area contributed by atoms with Gasteiger partial charge in [0.15, 0.2) is 5.96 Å². The highest BCUT2D eigenvalue weighted by molar-refractivity contribution is 5.96. The molecule has 312 valence electrons. The van der Waals surface area contributed by atoms with E-state index in [1.807, 2.05) is 30.3 Å². The number of benzene rings is 3. The summed E-state index contributed by atoms with van der Waals surface area (Å²) in [5.74, 6) is -5.76. The van der Waals surface area contributed by atoms with E-state index in [0.717, 1.165) is 5.56 Å². The average molecular weight is 802 g/mol. The summed E-state index contributed by atoms with van der Waals surface area (Å²) in [5.41, 5.74) is 19.0. The Kier molecular flexibility index (Phi) is 18.8. The first-order valence-electron chi connectivity index (χ1n) is 19.0. The average Bonchev–Trinajstić information content (AvgIpc) is 3.20. The predicted octanol–water partition coefficient (Wildman–Crippen LogP) is -0.748. The maximum Gasteiger partial charge on any atom is 0.326 e. The van der Waals surface area contributed by atoms with Gasteiger partial charge in [0.2, 0.25) is 29.5 Å². The van der Waals surface area contributed by atoms with Gasteiger partial charge >= 0.3 is 5.97 Å². The normalized spacial score (nSPS) is 14.0. The van der Waals surface area contributed by atoms with Crippen LogP contribution in [-0.4, -0.2) is 101 Å². The molecule has 0 bridgehead atoms. The number of rotatable bonds is 23. The molecule has 0 aliphatic heterocycles. The van der Waals surface area contributed by atoms with Crippen molar-refractivity contribution < 1.29 is 39.0 Å². The second-order valence-corrected chi connectivity index (χ2v) is 14.1. The van der Waals surface area contributed by atoms with Crippen LogP contribution in [0.5, 0.6) is 0 Å². The lowest BCUT2D eigenvalue weighted by molar-refractivity contribution is -0.142. The molecule has 17 nitrogen and oxygen atoms in total. The number of nitrogens with one attached hydrogen (secondary N) is 5. The monoisotopic (exact) mass is 801 g/mol. The van der Waals surface area contributed by atoms with Crippen molar-refractivity contribution in [2.45, 2.75) is 82.2 Å². The summed E-state index contributed by atoms with van der Waals surface area (Å²) in [7, 11) is 0. The van der Waals surface area contributed by atoms with E-state index in [2.05, 4.69) is 31.6 Å². The van der Waals surface area contributed by atoms with Gasteiger partial charge in [0, 0.05) is 19.4 Å². The molecule has 6 unspecified atom stereocenters. The van der Waals surface area contributed by atoms with Crippen LogP contribution >= 0.6 is 0 Å². The highest BCUT2D eigenvalue weighted by Gasteiger charge is 2.33. The topological polar surface area (TPSA) is 293 Å². The first-order valence-corrected chi connectivity index (χ1v) is 19.0. The molecule has 0 heterocycles. The third kappa shape index (κ3) is 15.7. The minimum absolute atomic E-state index is 0.00729. The number of aliphatic hydroxyl groups excluding tert-OH is 1. The highest BCUT2D eigenvalue weighted by Crippen LogP contribution is 2.10. The smallest absolute Gasteiger partial charge is 0.326 e. The van der Waals surface area contributed by atoms with E-state index in [9.17, 15) is 39.0 Å². The van der Waals surface area contributed by atoms with Crippen molar-refractivity contribution in [2.75, 3.05) is 13.2 Å². The fourth-order valence-corrected chi connectivity index (χ4v) is 5.91. The van der Waals surface area contributed by atoms with Crippen LogP contribution in [0.4, 0.5) is 0 Å². The Bertz CT molecular complexity index is 1830. The number of guanidine groups is 1. The van der Waals surface area contributed by atoms with Crippen molar-refractivity contribution in [1.82, 2.24) is 26.6 Å². The molecule has 58 heavy (non-hydrogen) atoms. The van der Waals surface area contributed by atoms with Gasteiger partial charge in [0.25, 0.3) is 0 Å². The number of nitrogens with zero attached hydrogens (tertiary/aromatic N) is 1. The molecule has 0 aromatic heterocycles. The lowest BCUT2D eigenvalue weighted by Crippen LogP contribution is -2.61. The summed E-state index contributed by atoms with van der Waals surface area (Å²) in [5, 5.41) is 33.0. The molecule has 13 N–H and O–H groups in total. The Labute approximate surface area is 337 Å². The van der Waals surface area contributed by atoms with E-state index in [-0.39, 0.29) is 44.6 Å². The number of nitrogens with two attached hydrogens (primary N) is 3. The molecule has 5 amide bonds. The number of hydrogen-bond donors (Lipinski definition) is 10. The molecule has 0 fully saturated rings. The molecule has 0 saturated heterocycles. The minimum atomic E-state index is -1.55. The van der Waals surface area contributed by atoms with Crippen LogP contribution in [-0.2, 0) is 48.0 Å². The van der Waals surface area contributed by atoms with Crippen molar-refractivity contribution in [3.8, 4) is 0 Å². The van der Waals surface area contributed by atoms with Gasteiger partial charge in [-0.3, -0.25) is 29.0 Å². The van der Waals surface area contributed by atoms with Gasteiger partial charge in [-0.1, -0.05) is 105 Å². The molecule has 3 aromatic carbocycles. The SMILES string of the molecule is CC(C)C(NC(=O)C(N)Cc1ccccc1)C(=O)NC(CO)C(=O)NC(Cc1ccccc1)C(=O)NC(Cc1ccccc1)C(=O)NC(CCCN=C(N)N)C(=O)O. The van der Waals surface area contributed by atoms with Crippen LogP contribution in [0.15, 0.2) is 96.0 Å². The fraction of sp³-hybridized carbons (Fsp3) is 0.390. The zero-order valence-corrected chi connectivity index (χ0v) is 32.7. The van der Waals surface area contributed by atoms with E-state index < -0.39 is 84.3 Å². The number of hydrogen-bond acceptors (Lipinski definition) is 9. The van der Waals surface area contributed by atoms with E-state index in [4.69, 9.17) is 17.2 Å². The summed E-state index contributed by atoms with van der Waals surface area (Å²) < 4.78 is 0. The zero-order chi connectivity index (χ0) is 42.6. The highest BCUT2D eigenvalue weighted by atomic mass is 16.4. The summed E-state index contributed by atoms with van der Waals surface area (Å²) in [4.78, 5) is 83.9. The Morgan fingerprint density at radius 2 is 1.00 bits per heavy atom. The van der Waals surface area contributed by atoms with Gasteiger partial charge in [0.05, 0.1) is 12.6 Å². The van der Waals surface area contributed by atoms with Gasteiger partial charge in [-0.25, -0.2) is 4.79 Å². The number of amides is 5. The Morgan fingerprint density at radius 1 is 0.586 bits per heavy atom. The van der Waals surface area contributed by atoms with Gasteiger partial charge in [-0.05, 0) is 41.9 Å². The van der Waals surface area contributed by atoms with E-state index >= 15 is 0 Å².